The van der Waals surface area contributed by atoms with Crippen molar-refractivity contribution in [2.24, 2.45) is 29.6 Å². The fourth-order valence-electron chi connectivity index (χ4n) is 7.31. The summed E-state index contributed by atoms with van der Waals surface area (Å²) in [4.78, 5) is 45.1. The van der Waals surface area contributed by atoms with Crippen LogP contribution in [0.5, 0.6) is 17.2 Å². The molecule has 1 aromatic heterocycles. The van der Waals surface area contributed by atoms with Crippen LogP contribution in [0.25, 0.3) is 0 Å². The monoisotopic (exact) mass is 536 g/mol. The molecule has 0 spiro atoms. The Bertz CT molecular complexity index is 1480. The predicted octanol–water partition coefficient (Wildman–Crippen LogP) is 3.84. The lowest BCUT2D eigenvalue weighted by atomic mass is 9.68. The topological polar surface area (TPSA) is 109 Å². The van der Waals surface area contributed by atoms with Crippen molar-refractivity contribution in [1.82, 2.24) is 4.98 Å². The van der Waals surface area contributed by atoms with E-state index >= 15 is 0 Å². The Morgan fingerprint density at radius 3 is 2.27 bits per heavy atom. The number of methoxy groups -OCH3 is 2. The van der Waals surface area contributed by atoms with Crippen molar-refractivity contribution in [3.63, 3.8) is 0 Å². The normalized spacial score (nSPS) is 31.3. The molecule has 7 rings (SSSR count). The number of carbonyl (C=O) groups excluding carboxylic acids is 2. The van der Waals surface area contributed by atoms with Crippen molar-refractivity contribution in [2.45, 2.75) is 22.6 Å². The average Bonchev–Trinajstić information content (AvgIpc) is 3.63. The van der Waals surface area contributed by atoms with Crippen molar-refractivity contribution in [3.8, 4) is 17.2 Å². The van der Waals surface area contributed by atoms with Crippen molar-refractivity contribution < 1.29 is 24.2 Å². The van der Waals surface area contributed by atoms with Gasteiger partial charge in [0, 0.05) is 16.0 Å². The number of ether oxygens (including phenoxy) is 2. The van der Waals surface area contributed by atoms with Crippen LogP contribution >= 0.6 is 23.1 Å². The molecule has 190 valence electrons. The number of imide groups is 1. The van der Waals surface area contributed by atoms with Gasteiger partial charge in [-0.2, -0.15) is 0 Å². The van der Waals surface area contributed by atoms with E-state index in [1.807, 2.05) is 18.2 Å². The zero-order chi connectivity index (χ0) is 25.6. The highest BCUT2D eigenvalue weighted by Gasteiger charge is 2.69. The summed E-state index contributed by atoms with van der Waals surface area (Å²) in [6.07, 6.45) is 0.805. The molecule has 3 heterocycles. The molecule has 2 bridgehead atoms. The van der Waals surface area contributed by atoms with E-state index in [4.69, 9.17) is 9.47 Å². The Kier molecular flexibility index (Phi) is 5.04. The second-order valence-corrected chi connectivity index (χ2v) is 12.3. The number of para-hydroxylation sites is 1. The molecular formula is C27H24N2O6S2. The van der Waals surface area contributed by atoms with Crippen LogP contribution in [0, 0.1) is 29.6 Å². The molecule has 0 radical (unpaired) electrons. The van der Waals surface area contributed by atoms with Gasteiger partial charge in [-0.05, 0) is 54.0 Å². The number of rotatable bonds is 4. The molecule has 8 nitrogen and oxygen atoms in total. The van der Waals surface area contributed by atoms with Gasteiger partial charge in [-0.25, -0.2) is 0 Å². The first kappa shape index (κ1) is 22.9. The lowest BCUT2D eigenvalue weighted by Crippen LogP contribution is -2.42. The molecule has 4 aliphatic rings. The van der Waals surface area contributed by atoms with Crippen LogP contribution in [-0.2, 0) is 9.59 Å². The minimum Gasteiger partial charge on any atom is -0.502 e. The standard InChI is InChI=1S/C27H24N2O6S2/c1-34-15-8-11(9-16(35-2)21(15)30)17-18-13-10-14(22(18)36-24-23(17)37-27(33)28-24)20-19(13)25(31)29(26(20)32)12-6-4-3-5-7-12/h3-9,13-14,17-20,22,30H,10H2,1-2H3,(H,28,33)/t13-,14-,17+,18+,19+,20+,22-/m1/s1. The maximum absolute atomic E-state index is 13.8. The summed E-state index contributed by atoms with van der Waals surface area (Å²) >= 11 is 2.83. The third-order valence-electron chi connectivity index (χ3n) is 8.60. The summed E-state index contributed by atoms with van der Waals surface area (Å²) in [7, 11) is 2.97. The zero-order valence-electron chi connectivity index (χ0n) is 20.0. The van der Waals surface area contributed by atoms with Gasteiger partial charge in [0.05, 0.1) is 36.8 Å². The SMILES string of the molecule is COc1cc([C@@H]2c3sc(=O)[nH]c3S[C@@H]3[C@@H]4C[C@@H]([C@@H]5C(=O)N(c6ccccc6)C(=O)[C@@H]45)[C@@H]23)cc(OC)c1O. The largest absolute Gasteiger partial charge is 0.502 e. The Balaban J connectivity index is 1.36. The molecule has 2 amide bonds. The highest BCUT2D eigenvalue weighted by Crippen LogP contribution is 2.69. The van der Waals surface area contributed by atoms with Crippen molar-refractivity contribution in [3.05, 3.63) is 62.6 Å². The van der Waals surface area contributed by atoms with Gasteiger partial charge >= 0.3 is 4.87 Å². The Hall–Kier alpha value is -3.24. The summed E-state index contributed by atoms with van der Waals surface area (Å²) in [6.45, 7) is 0. The van der Waals surface area contributed by atoms with E-state index in [-0.39, 0.29) is 74.7 Å². The molecular weight excluding hydrogens is 512 g/mol. The predicted molar refractivity (Wildman–Crippen MR) is 139 cm³/mol. The Labute approximate surface area is 220 Å². The summed E-state index contributed by atoms with van der Waals surface area (Å²) < 4.78 is 10.9. The average molecular weight is 537 g/mol. The number of benzene rings is 2. The molecule has 2 aliphatic heterocycles. The Morgan fingerprint density at radius 1 is 0.973 bits per heavy atom. The van der Waals surface area contributed by atoms with Crippen molar-refractivity contribution in [2.75, 3.05) is 19.1 Å². The van der Waals surface area contributed by atoms with Gasteiger partial charge in [0.2, 0.25) is 17.6 Å². The number of nitrogens with one attached hydrogen (secondary N) is 1. The number of hydrogen-bond acceptors (Lipinski definition) is 8. The van der Waals surface area contributed by atoms with E-state index in [1.54, 1.807) is 36.0 Å². The van der Waals surface area contributed by atoms with Gasteiger partial charge < -0.3 is 19.6 Å². The van der Waals surface area contributed by atoms with Gasteiger partial charge in [0.15, 0.2) is 11.5 Å². The highest BCUT2D eigenvalue weighted by atomic mass is 32.2. The minimum atomic E-state index is -0.375. The summed E-state index contributed by atoms with van der Waals surface area (Å²) in [5.74, 6) is -0.571. The number of hydrogen-bond donors (Lipinski definition) is 2. The molecule has 10 heteroatoms. The van der Waals surface area contributed by atoms with Gasteiger partial charge in [-0.1, -0.05) is 29.5 Å². The molecule has 2 aliphatic carbocycles. The van der Waals surface area contributed by atoms with Gasteiger partial charge in [0.1, 0.15) is 0 Å². The van der Waals surface area contributed by atoms with Crippen LogP contribution in [0.3, 0.4) is 0 Å². The van der Waals surface area contributed by atoms with Crippen LogP contribution in [0.2, 0.25) is 0 Å². The van der Waals surface area contributed by atoms with Crippen LogP contribution in [0.1, 0.15) is 22.8 Å². The molecule has 7 atom stereocenters. The summed E-state index contributed by atoms with van der Waals surface area (Å²) in [5, 5.41) is 11.4. The number of fused-ring (bicyclic) bond motifs is 9. The fourth-order valence-corrected chi connectivity index (χ4v) is 10.2. The van der Waals surface area contributed by atoms with Crippen molar-refractivity contribution >= 4 is 40.6 Å². The number of aromatic amines is 1. The third-order valence-corrected chi connectivity index (χ3v) is 11.2. The molecule has 2 saturated carbocycles. The van der Waals surface area contributed by atoms with Crippen LogP contribution < -0.4 is 19.2 Å². The second-order valence-electron chi connectivity index (χ2n) is 10.1. The first-order chi connectivity index (χ1) is 17.9. The second kappa shape index (κ2) is 8.13. The Morgan fingerprint density at radius 2 is 1.62 bits per heavy atom. The highest BCUT2D eigenvalue weighted by molar-refractivity contribution is 8.00. The minimum absolute atomic E-state index is 0.00110. The lowest BCUT2D eigenvalue weighted by Gasteiger charge is -2.43. The quantitative estimate of drug-likeness (QED) is 0.488. The first-order valence-electron chi connectivity index (χ1n) is 12.2. The van der Waals surface area contributed by atoms with Crippen LogP contribution in [-0.4, -0.2) is 41.4 Å². The molecule has 37 heavy (non-hydrogen) atoms. The number of phenols is 1. The number of phenolic OH excluding ortho intramolecular Hbond substituents is 1. The molecule has 1 saturated heterocycles. The molecule has 0 unspecified atom stereocenters. The molecule has 2 N–H and O–H groups in total. The van der Waals surface area contributed by atoms with E-state index in [2.05, 4.69) is 4.98 Å². The number of thiazole rings is 1. The zero-order valence-corrected chi connectivity index (χ0v) is 21.7. The molecule has 2 aromatic carbocycles. The smallest absolute Gasteiger partial charge is 0.305 e. The molecule has 3 aromatic rings. The van der Waals surface area contributed by atoms with Crippen LogP contribution in [0.15, 0.2) is 52.3 Å². The third kappa shape index (κ3) is 3.05. The van der Waals surface area contributed by atoms with E-state index < -0.39 is 0 Å². The summed E-state index contributed by atoms with van der Waals surface area (Å²) in [5.41, 5.74) is 1.48. The maximum atomic E-state index is 13.8. The first-order valence-corrected chi connectivity index (χ1v) is 13.9. The molecule has 3 fully saturated rings. The lowest BCUT2D eigenvalue weighted by molar-refractivity contribution is -0.123. The van der Waals surface area contributed by atoms with Crippen LogP contribution in [0.4, 0.5) is 5.69 Å². The number of nitrogens with zero attached hydrogens (tertiary/aromatic N) is 1. The number of H-pyrrole nitrogens is 1. The van der Waals surface area contributed by atoms with Gasteiger partial charge in [-0.15, -0.1) is 11.8 Å². The van der Waals surface area contributed by atoms with Crippen molar-refractivity contribution in [1.29, 1.82) is 0 Å². The van der Waals surface area contributed by atoms with Gasteiger partial charge in [-0.3, -0.25) is 19.3 Å². The van der Waals surface area contributed by atoms with E-state index in [1.165, 1.54) is 30.5 Å². The van der Waals surface area contributed by atoms with E-state index in [9.17, 15) is 19.5 Å². The summed E-state index contributed by atoms with van der Waals surface area (Å²) in [6, 6.07) is 12.7. The number of aromatic nitrogens is 1. The van der Waals surface area contributed by atoms with Gasteiger partial charge in [0.25, 0.3) is 0 Å². The number of anilines is 1. The number of aromatic hydroxyl groups is 1. The number of carbonyl (C=O) groups is 2. The number of amides is 2. The van der Waals surface area contributed by atoms with E-state index in [0.29, 0.717) is 5.69 Å². The van der Waals surface area contributed by atoms with E-state index in [0.717, 1.165) is 21.9 Å². The maximum Gasteiger partial charge on any atom is 0.305 e. The number of thioether (sulfide) groups is 1. The fraction of sp³-hybridized carbons (Fsp3) is 0.370.